The van der Waals surface area contributed by atoms with Crippen LogP contribution in [0.25, 0.3) is 0 Å². The van der Waals surface area contributed by atoms with Gasteiger partial charge in [-0.1, -0.05) is 6.07 Å². The molecule has 0 aliphatic heterocycles. The zero-order valence-corrected chi connectivity index (χ0v) is 14.7. The molecule has 0 aromatic heterocycles. The number of aryl methyl sites for hydroxylation is 2. The Morgan fingerprint density at radius 1 is 1.05 bits per heavy atom. The summed E-state index contributed by atoms with van der Waals surface area (Å²) in [5.74, 6) is 0. The van der Waals surface area contributed by atoms with Gasteiger partial charge in [-0.3, -0.25) is 0 Å². The molecule has 120 valence electrons. The zero-order chi connectivity index (χ0) is 16.2. The van der Waals surface area contributed by atoms with E-state index in [0.717, 1.165) is 16.7 Å². The van der Waals surface area contributed by atoms with Crippen LogP contribution in [0.3, 0.4) is 0 Å². The lowest BCUT2D eigenvalue weighted by Gasteiger charge is -2.21. The van der Waals surface area contributed by atoms with Gasteiger partial charge in [0.1, 0.15) is 0 Å². The van der Waals surface area contributed by atoms with Crippen LogP contribution in [0.4, 0.5) is 0 Å². The van der Waals surface area contributed by atoms with Gasteiger partial charge in [0.2, 0.25) is 10.0 Å². The summed E-state index contributed by atoms with van der Waals surface area (Å²) < 4.78 is 26.9. The summed E-state index contributed by atoms with van der Waals surface area (Å²) in [7, 11) is 3.91. The van der Waals surface area contributed by atoms with Gasteiger partial charge in [-0.25, -0.2) is 8.42 Å². The van der Waals surface area contributed by atoms with Crippen LogP contribution in [0, 0.1) is 13.8 Å². The first kappa shape index (κ1) is 18.1. The zero-order valence-electron chi connectivity index (χ0n) is 13.9. The molecule has 0 atom stereocenters. The van der Waals surface area contributed by atoms with Crippen LogP contribution in [-0.4, -0.2) is 58.9 Å². The van der Waals surface area contributed by atoms with Crippen molar-refractivity contribution in [3.63, 3.8) is 0 Å². The Balaban J connectivity index is 3.15. The van der Waals surface area contributed by atoms with Crippen molar-refractivity contribution in [3.8, 4) is 0 Å². The SMILES string of the molecule is CNCc1cc(S(=O)(=O)N(C)CCN(C)C)c(C)cc1C. The van der Waals surface area contributed by atoms with Crippen LogP contribution in [0.1, 0.15) is 16.7 Å². The first-order valence-electron chi connectivity index (χ1n) is 7.06. The van der Waals surface area contributed by atoms with Gasteiger partial charge in [0.15, 0.2) is 0 Å². The van der Waals surface area contributed by atoms with Gasteiger partial charge in [0.25, 0.3) is 0 Å². The highest BCUT2D eigenvalue weighted by molar-refractivity contribution is 7.89. The van der Waals surface area contributed by atoms with Gasteiger partial charge in [-0.05, 0) is 57.7 Å². The number of rotatable bonds is 7. The van der Waals surface area contributed by atoms with Crippen LogP contribution < -0.4 is 5.32 Å². The Morgan fingerprint density at radius 2 is 1.67 bits per heavy atom. The van der Waals surface area contributed by atoms with Crippen molar-refractivity contribution in [1.29, 1.82) is 0 Å². The minimum absolute atomic E-state index is 0.402. The molecule has 0 saturated heterocycles. The second-order valence-corrected chi connectivity index (χ2v) is 7.72. The van der Waals surface area contributed by atoms with Gasteiger partial charge in [-0.15, -0.1) is 0 Å². The van der Waals surface area contributed by atoms with E-state index in [-0.39, 0.29) is 0 Å². The minimum atomic E-state index is -3.44. The molecule has 6 heteroatoms. The topological polar surface area (TPSA) is 52.7 Å². The minimum Gasteiger partial charge on any atom is -0.316 e. The highest BCUT2D eigenvalue weighted by atomic mass is 32.2. The molecular formula is C15H27N3O2S. The summed E-state index contributed by atoms with van der Waals surface area (Å²) in [5, 5.41) is 3.08. The summed E-state index contributed by atoms with van der Waals surface area (Å²) in [5.41, 5.74) is 2.92. The van der Waals surface area contributed by atoms with Gasteiger partial charge >= 0.3 is 0 Å². The van der Waals surface area contributed by atoms with Crippen molar-refractivity contribution >= 4 is 10.0 Å². The summed E-state index contributed by atoms with van der Waals surface area (Å²) in [6.45, 7) is 5.69. The largest absolute Gasteiger partial charge is 0.316 e. The molecule has 0 bridgehead atoms. The molecule has 0 radical (unpaired) electrons. The number of sulfonamides is 1. The summed E-state index contributed by atoms with van der Waals surface area (Å²) >= 11 is 0. The van der Waals surface area contributed by atoms with Gasteiger partial charge in [0.05, 0.1) is 4.90 Å². The number of benzene rings is 1. The molecule has 0 fully saturated rings. The van der Waals surface area contributed by atoms with E-state index in [1.54, 1.807) is 13.1 Å². The lowest BCUT2D eigenvalue weighted by Crippen LogP contribution is -2.34. The summed E-state index contributed by atoms with van der Waals surface area (Å²) in [6.07, 6.45) is 0. The Labute approximate surface area is 129 Å². The number of nitrogens with one attached hydrogen (secondary N) is 1. The van der Waals surface area contributed by atoms with Gasteiger partial charge < -0.3 is 10.2 Å². The molecule has 1 aromatic rings. The monoisotopic (exact) mass is 313 g/mol. The maximum absolute atomic E-state index is 12.7. The third-order valence-electron chi connectivity index (χ3n) is 3.55. The first-order valence-corrected chi connectivity index (χ1v) is 8.50. The lowest BCUT2D eigenvalue weighted by molar-refractivity contribution is 0.358. The Hall–Kier alpha value is -0.950. The first-order chi connectivity index (χ1) is 9.70. The maximum Gasteiger partial charge on any atom is 0.243 e. The van der Waals surface area contributed by atoms with E-state index in [2.05, 4.69) is 5.32 Å². The van der Waals surface area contributed by atoms with E-state index in [1.807, 2.05) is 46.0 Å². The predicted molar refractivity (Wildman–Crippen MR) is 87.0 cm³/mol. The van der Waals surface area contributed by atoms with Gasteiger partial charge in [-0.2, -0.15) is 4.31 Å². The fourth-order valence-electron chi connectivity index (χ4n) is 2.16. The van der Waals surface area contributed by atoms with Gasteiger partial charge in [0, 0.05) is 26.7 Å². The maximum atomic E-state index is 12.7. The summed E-state index contributed by atoms with van der Waals surface area (Å²) in [4.78, 5) is 2.38. The van der Waals surface area contributed by atoms with E-state index in [0.29, 0.717) is 24.5 Å². The van der Waals surface area contributed by atoms with Crippen molar-refractivity contribution < 1.29 is 8.42 Å². The molecule has 21 heavy (non-hydrogen) atoms. The van der Waals surface area contributed by atoms with Crippen LogP contribution in [0.2, 0.25) is 0 Å². The standard InChI is InChI=1S/C15H27N3O2S/c1-12-9-13(2)15(10-14(12)11-16-3)21(19,20)18(6)8-7-17(4)5/h9-10,16H,7-8,11H2,1-6H3. The van der Waals surface area contributed by atoms with E-state index in [4.69, 9.17) is 0 Å². The third kappa shape index (κ3) is 4.51. The molecule has 1 N–H and O–H groups in total. The van der Waals surface area contributed by atoms with Crippen molar-refractivity contribution in [2.45, 2.75) is 25.3 Å². The molecule has 1 aromatic carbocycles. The Kier molecular flexibility index (Phi) is 6.34. The molecule has 0 aliphatic rings. The predicted octanol–water partition coefficient (Wildman–Crippen LogP) is 1.20. The second kappa shape index (κ2) is 7.35. The average molecular weight is 313 g/mol. The Bertz CT molecular complexity index is 583. The van der Waals surface area contributed by atoms with Crippen molar-refractivity contribution in [3.05, 3.63) is 28.8 Å². The molecule has 0 spiro atoms. The molecule has 5 nitrogen and oxygen atoms in total. The normalized spacial score (nSPS) is 12.4. The molecule has 0 amide bonds. The Morgan fingerprint density at radius 3 is 2.19 bits per heavy atom. The van der Waals surface area contributed by atoms with Crippen molar-refractivity contribution in [1.82, 2.24) is 14.5 Å². The summed E-state index contributed by atoms with van der Waals surface area (Å²) in [6, 6.07) is 3.74. The fraction of sp³-hybridized carbons (Fsp3) is 0.600. The number of hydrogen-bond acceptors (Lipinski definition) is 4. The van der Waals surface area contributed by atoms with Crippen LogP contribution in [0.15, 0.2) is 17.0 Å². The van der Waals surface area contributed by atoms with Crippen molar-refractivity contribution in [2.75, 3.05) is 41.3 Å². The molecule has 0 saturated carbocycles. The molecule has 1 rings (SSSR count). The lowest BCUT2D eigenvalue weighted by atomic mass is 10.1. The number of likely N-dealkylation sites (N-methyl/N-ethyl adjacent to an activating group) is 2. The van der Waals surface area contributed by atoms with Crippen LogP contribution in [0.5, 0.6) is 0 Å². The van der Waals surface area contributed by atoms with E-state index >= 15 is 0 Å². The fourth-order valence-corrected chi connectivity index (χ4v) is 3.58. The molecule has 0 aliphatic carbocycles. The highest BCUT2D eigenvalue weighted by Crippen LogP contribution is 2.23. The van der Waals surface area contributed by atoms with E-state index in [9.17, 15) is 8.42 Å². The van der Waals surface area contributed by atoms with Crippen molar-refractivity contribution in [2.24, 2.45) is 0 Å². The third-order valence-corrected chi connectivity index (χ3v) is 5.55. The highest BCUT2D eigenvalue weighted by Gasteiger charge is 2.23. The molecular weight excluding hydrogens is 286 g/mol. The number of nitrogens with zero attached hydrogens (tertiary/aromatic N) is 2. The molecule has 0 unspecified atom stereocenters. The van der Waals surface area contributed by atoms with E-state index in [1.165, 1.54) is 4.31 Å². The smallest absolute Gasteiger partial charge is 0.243 e. The van der Waals surface area contributed by atoms with Crippen LogP contribution in [-0.2, 0) is 16.6 Å². The van der Waals surface area contributed by atoms with Crippen LogP contribution >= 0.6 is 0 Å². The average Bonchev–Trinajstić information content (AvgIpc) is 2.38. The number of hydrogen-bond donors (Lipinski definition) is 1. The van der Waals surface area contributed by atoms with E-state index < -0.39 is 10.0 Å². The quantitative estimate of drug-likeness (QED) is 0.822. The second-order valence-electron chi connectivity index (χ2n) is 5.70. The molecule has 0 heterocycles.